The van der Waals surface area contributed by atoms with Crippen molar-refractivity contribution in [2.24, 2.45) is 0 Å². The van der Waals surface area contributed by atoms with Crippen molar-refractivity contribution in [1.29, 1.82) is 0 Å². The van der Waals surface area contributed by atoms with Gasteiger partial charge in [0.25, 0.3) is 0 Å². The monoisotopic (exact) mass is 290 g/mol. The van der Waals surface area contributed by atoms with Gasteiger partial charge in [-0.3, -0.25) is 5.32 Å². The number of pyridine rings is 1. The second-order valence-electron chi connectivity index (χ2n) is 4.15. The number of hydrogen-bond acceptors (Lipinski definition) is 3. The zero-order valence-corrected chi connectivity index (χ0v) is 11.4. The molecule has 1 aromatic heterocycles. The standard InChI is InChI=1S/C12H17F3N4O/c1-4-17-11(20)19-10-5-9(12(13,14)15)8(6-18-10)7(2)16-3/h5-7,16H,4H2,1-3H3,(H2,17,18,19,20). The summed E-state index contributed by atoms with van der Waals surface area (Å²) in [6.45, 7) is 3.67. The number of alkyl halides is 3. The number of nitrogens with zero attached hydrogens (tertiary/aromatic N) is 1. The van der Waals surface area contributed by atoms with Crippen LogP contribution in [0.5, 0.6) is 0 Å². The van der Waals surface area contributed by atoms with E-state index in [2.05, 4.69) is 20.9 Å². The lowest BCUT2D eigenvalue weighted by Gasteiger charge is -2.18. The molecule has 20 heavy (non-hydrogen) atoms. The van der Waals surface area contributed by atoms with E-state index in [-0.39, 0.29) is 11.4 Å². The topological polar surface area (TPSA) is 66.1 Å². The molecule has 0 bridgehead atoms. The first-order valence-electron chi connectivity index (χ1n) is 6.08. The van der Waals surface area contributed by atoms with Gasteiger partial charge in [-0.1, -0.05) is 0 Å². The number of carbonyl (C=O) groups excluding carboxylic acids is 1. The Balaban J connectivity index is 3.11. The van der Waals surface area contributed by atoms with Gasteiger partial charge >= 0.3 is 12.2 Å². The minimum atomic E-state index is -4.51. The molecule has 2 amide bonds. The van der Waals surface area contributed by atoms with Crippen molar-refractivity contribution in [3.8, 4) is 0 Å². The van der Waals surface area contributed by atoms with Gasteiger partial charge in [0, 0.05) is 18.8 Å². The Morgan fingerprint density at radius 2 is 2.10 bits per heavy atom. The third-order valence-corrected chi connectivity index (χ3v) is 2.72. The molecule has 0 aliphatic carbocycles. The molecule has 0 aromatic carbocycles. The number of halogens is 3. The number of anilines is 1. The third-order valence-electron chi connectivity index (χ3n) is 2.72. The third kappa shape index (κ3) is 4.09. The molecule has 112 valence electrons. The Bertz CT molecular complexity index is 476. The molecule has 0 radical (unpaired) electrons. The minimum Gasteiger partial charge on any atom is -0.338 e. The van der Waals surface area contributed by atoms with Crippen LogP contribution >= 0.6 is 0 Å². The molecule has 8 heteroatoms. The molecule has 1 heterocycles. The van der Waals surface area contributed by atoms with Crippen molar-refractivity contribution < 1.29 is 18.0 Å². The Morgan fingerprint density at radius 3 is 2.60 bits per heavy atom. The highest BCUT2D eigenvalue weighted by Gasteiger charge is 2.35. The molecule has 1 aromatic rings. The van der Waals surface area contributed by atoms with Crippen molar-refractivity contribution in [1.82, 2.24) is 15.6 Å². The number of urea groups is 1. The maximum atomic E-state index is 13.0. The zero-order valence-electron chi connectivity index (χ0n) is 11.4. The predicted octanol–water partition coefficient (Wildman–Crippen LogP) is 2.52. The number of hydrogen-bond donors (Lipinski definition) is 3. The largest absolute Gasteiger partial charge is 0.416 e. The summed E-state index contributed by atoms with van der Waals surface area (Å²) in [6, 6.07) is -0.265. The summed E-state index contributed by atoms with van der Waals surface area (Å²) in [6.07, 6.45) is -3.40. The Morgan fingerprint density at radius 1 is 1.45 bits per heavy atom. The highest BCUT2D eigenvalue weighted by atomic mass is 19.4. The normalized spacial score (nSPS) is 12.9. The summed E-state index contributed by atoms with van der Waals surface area (Å²) in [5, 5.41) is 7.41. The van der Waals surface area contributed by atoms with Crippen LogP contribution < -0.4 is 16.0 Å². The van der Waals surface area contributed by atoms with E-state index < -0.39 is 23.8 Å². The Kier molecular flexibility index (Phi) is 5.32. The van der Waals surface area contributed by atoms with E-state index >= 15 is 0 Å². The molecule has 0 aliphatic rings. The first-order valence-corrected chi connectivity index (χ1v) is 6.08. The van der Waals surface area contributed by atoms with E-state index in [4.69, 9.17) is 0 Å². The van der Waals surface area contributed by atoms with Gasteiger partial charge in [-0.05, 0) is 32.5 Å². The smallest absolute Gasteiger partial charge is 0.338 e. The zero-order chi connectivity index (χ0) is 15.3. The summed E-state index contributed by atoms with van der Waals surface area (Å²) >= 11 is 0. The number of rotatable bonds is 4. The van der Waals surface area contributed by atoms with Crippen LogP contribution in [-0.4, -0.2) is 24.6 Å². The van der Waals surface area contributed by atoms with Crippen LogP contribution in [-0.2, 0) is 6.18 Å². The highest BCUT2D eigenvalue weighted by Crippen LogP contribution is 2.35. The summed E-state index contributed by atoms with van der Waals surface area (Å²) in [5.74, 6) is -0.143. The van der Waals surface area contributed by atoms with E-state index in [1.807, 2.05) is 0 Å². The average molecular weight is 290 g/mol. The lowest BCUT2D eigenvalue weighted by Crippen LogP contribution is -2.29. The van der Waals surface area contributed by atoms with E-state index in [9.17, 15) is 18.0 Å². The first-order chi connectivity index (χ1) is 9.29. The minimum absolute atomic E-state index is 0.0291. The van der Waals surface area contributed by atoms with Crippen LogP contribution in [0.1, 0.15) is 31.0 Å². The van der Waals surface area contributed by atoms with Gasteiger partial charge in [-0.25, -0.2) is 9.78 Å². The molecule has 3 N–H and O–H groups in total. The quantitative estimate of drug-likeness (QED) is 0.798. The number of carbonyl (C=O) groups is 1. The fraction of sp³-hybridized carbons (Fsp3) is 0.500. The lowest BCUT2D eigenvalue weighted by molar-refractivity contribution is -0.138. The van der Waals surface area contributed by atoms with Gasteiger partial charge in [0.2, 0.25) is 0 Å². The van der Waals surface area contributed by atoms with Crippen LogP contribution in [0.15, 0.2) is 12.3 Å². The van der Waals surface area contributed by atoms with E-state index in [1.54, 1.807) is 20.9 Å². The molecule has 1 unspecified atom stereocenters. The lowest BCUT2D eigenvalue weighted by atomic mass is 10.0. The van der Waals surface area contributed by atoms with Gasteiger partial charge < -0.3 is 10.6 Å². The average Bonchev–Trinajstić information content (AvgIpc) is 2.37. The van der Waals surface area contributed by atoms with Crippen LogP contribution in [0.2, 0.25) is 0 Å². The molecule has 0 fully saturated rings. The molecule has 5 nitrogen and oxygen atoms in total. The van der Waals surface area contributed by atoms with Gasteiger partial charge in [0.05, 0.1) is 5.56 Å². The van der Waals surface area contributed by atoms with Gasteiger partial charge in [-0.2, -0.15) is 13.2 Å². The maximum Gasteiger partial charge on any atom is 0.416 e. The van der Waals surface area contributed by atoms with Crippen LogP contribution in [0.4, 0.5) is 23.8 Å². The highest BCUT2D eigenvalue weighted by molar-refractivity contribution is 5.88. The fourth-order valence-corrected chi connectivity index (χ4v) is 1.60. The van der Waals surface area contributed by atoms with E-state index in [0.29, 0.717) is 6.54 Å². The summed E-state index contributed by atoms with van der Waals surface area (Å²) < 4.78 is 39.1. The molecule has 0 saturated heterocycles. The summed E-state index contributed by atoms with van der Waals surface area (Å²) in [7, 11) is 1.56. The molecule has 1 rings (SSSR count). The molecule has 0 aliphatic heterocycles. The molecule has 0 spiro atoms. The molecule has 1 atom stereocenters. The summed E-state index contributed by atoms with van der Waals surface area (Å²) in [4.78, 5) is 15.1. The molecule has 0 saturated carbocycles. The Hall–Kier alpha value is -1.83. The maximum absolute atomic E-state index is 13.0. The van der Waals surface area contributed by atoms with Crippen molar-refractivity contribution >= 4 is 11.8 Å². The number of aromatic nitrogens is 1. The van der Waals surface area contributed by atoms with Crippen LogP contribution in [0.25, 0.3) is 0 Å². The SMILES string of the molecule is CCNC(=O)Nc1cc(C(F)(F)F)c(C(C)NC)cn1. The van der Waals surface area contributed by atoms with Crippen molar-refractivity contribution in [2.45, 2.75) is 26.1 Å². The summed E-state index contributed by atoms with van der Waals surface area (Å²) in [5.41, 5.74) is -0.789. The second-order valence-corrected chi connectivity index (χ2v) is 4.15. The predicted molar refractivity (Wildman–Crippen MR) is 69.4 cm³/mol. The van der Waals surface area contributed by atoms with Crippen molar-refractivity contribution in [2.75, 3.05) is 18.9 Å². The van der Waals surface area contributed by atoms with Crippen LogP contribution in [0.3, 0.4) is 0 Å². The first kappa shape index (κ1) is 16.2. The fourth-order valence-electron chi connectivity index (χ4n) is 1.60. The second kappa shape index (κ2) is 6.56. The number of amides is 2. The van der Waals surface area contributed by atoms with Crippen molar-refractivity contribution in [3.63, 3.8) is 0 Å². The van der Waals surface area contributed by atoms with E-state index in [1.165, 1.54) is 0 Å². The van der Waals surface area contributed by atoms with Gasteiger partial charge in [-0.15, -0.1) is 0 Å². The molecular weight excluding hydrogens is 273 g/mol. The Labute approximate surface area is 115 Å². The van der Waals surface area contributed by atoms with Crippen molar-refractivity contribution in [3.05, 3.63) is 23.4 Å². The number of nitrogens with one attached hydrogen (secondary N) is 3. The van der Waals surface area contributed by atoms with E-state index in [0.717, 1.165) is 12.3 Å². The molecular formula is C12H17F3N4O. The van der Waals surface area contributed by atoms with Gasteiger partial charge in [0.1, 0.15) is 5.82 Å². The van der Waals surface area contributed by atoms with Gasteiger partial charge in [0.15, 0.2) is 0 Å². The van der Waals surface area contributed by atoms with Crippen LogP contribution in [0, 0.1) is 0 Å².